The molecule has 0 aliphatic rings. The first-order valence-corrected chi connectivity index (χ1v) is 6.80. The Morgan fingerprint density at radius 2 is 1.84 bits per heavy atom. The molecule has 0 spiro atoms. The summed E-state index contributed by atoms with van der Waals surface area (Å²) in [4.78, 5) is 14.1. The summed E-state index contributed by atoms with van der Waals surface area (Å²) in [6.07, 6.45) is 1.95. The molecular formula is C16H22N2O. The van der Waals surface area contributed by atoms with E-state index in [0.717, 1.165) is 6.42 Å². The predicted molar refractivity (Wildman–Crippen MR) is 76.4 cm³/mol. The van der Waals surface area contributed by atoms with Gasteiger partial charge in [0.25, 0.3) is 0 Å². The first kappa shape index (κ1) is 15.2. The van der Waals surface area contributed by atoms with Gasteiger partial charge in [0, 0.05) is 13.6 Å². The Bertz CT molecular complexity index is 444. The van der Waals surface area contributed by atoms with E-state index in [4.69, 9.17) is 0 Å². The quantitative estimate of drug-likeness (QED) is 0.787. The average molecular weight is 258 g/mol. The summed E-state index contributed by atoms with van der Waals surface area (Å²) >= 11 is 0. The van der Waals surface area contributed by atoms with Crippen molar-refractivity contribution in [2.45, 2.75) is 33.1 Å². The van der Waals surface area contributed by atoms with E-state index in [1.165, 1.54) is 5.56 Å². The van der Waals surface area contributed by atoms with Crippen molar-refractivity contribution in [3.05, 3.63) is 35.9 Å². The van der Waals surface area contributed by atoms with E-state index in [9.17, 15) is 10.1 Å². The van der Waals surface area contributed by atoms with Gasteiger partial charge in [0.15, 0.2) is 0 Å². The minimum Gasteiger partial charge on any atom is -0.344 e. The molecule has 0 heterocycles. The molecule has 0 atom stereocenters. The first-order chi connectivity index (χ1) is 9.09. The number of hydrogen-bond acceptors (Lipinski definition) is 2. The number of carbonyl (C=O) groups is 1. The van der Waals surface area contributed by atoms with Crippen molar-refractivity contribution in [3.8, 4) is 6.07 Å². The zero-order valence-electron chi connectivity index (χ0n) is 12.0. The molecule has 3 heteroatoms. The molecule has 19 heavy (non-hydrogen) atoms. The molecule has 0 aliphatic carbocycles. The predicted octanol–water partition coefficient (Wildman–Crippen LogP) is 3.02. The van der Waals surface area contributed by atoms with Crippen LogP contribution in [0.3, 0.4) is 0 Å². The zero-order valence-corrected chi connectivity index (χ0v) is 12.0. The molecule has 0 saturated carbocycles. The molecule has 0 aliphatic heterocycles. The van der Waals surface area contributed by atoms with Crippen LogP contribution in [0.4, 0.5) is 0 Å². The van der Waals surface area contributed by atoms with Crippen molar-refractivity contribution in [1.29, 1.82) is 5.26 Å². The summed E-state index contributed by atoms with van der Waals surface area (Å²) in [5, 5.41) is 9.28. The molecule has 1 rings (SSSR count). The van der Waals surface area contributed by atoms with Gasteiger partial charge in [0.05, 0.1) is 6.07 Å². The van der Waals surface area contributed by atoms with Crippen LogP contribution in [0.2, 0.25) is 0 Å². The number of likely N-dealkylation sites (N-methyl/N-ethyl adjacent to an activating group) is 1. The van der Waals surface area contributed by atoms with Gasteiger partial charge in [0.2, 0.25) is 5.91 Å². The van der Waals surface area contributed by atoms with Crippen molar-refractivity contribution < 1.29 is 4.79 Å². The third kappa shape index (κ3) is 3.57. The van der Waals surface area contributed by atoms with Gasteiger partial charge in [-0.05, 0) is 24.8 Å². The molecule has 1 amide bonds. The Hall–Kier alpha value is -1.82. The summed E-state index contributed by atoms with van der Waals surface area (Å²) in [7, 11) is 1.78. The Morgan fingerprint density at radius 3 is 2.32 bits per heavy atom. The summed E-state index contributed by atoms with van der Waals surface area (Å²) in [5.41, 5.74) is 0.350. The highest BCUT2D eigenvalue weighted by Crippen LogP contribution is 2.27. The number of carbonyl (C=O) groups excluding carboxylic acids is 1. The number of rotatable bonds is 6. The normalized spacial score (nSPS) is 10.8. The molecule has 102 valence electrons. The number of nitrogens with zero attached hydrogens (tertiary/aromatic N) is 2. The Labute approximate surface area is 115 Å². The van der Waals surface area contributed by atoms with Crippen molar-refractivity contribution in [2.75, 3.05) is 13.6 Å². The summed E-state index contributed by atoms with van der Waals surface area (Å²) in [6, 6.07) is 12.3. The zero-order chi connectivity index (χ0) is 14.3. The standard InChI is InChI=1S/C16H22N2O/c1-4-16(5-2,13-17)15(19)18(3)12-11-14-9-7-6-8-10-14/h6-10H,4-5,11-12H2,1-3H3. The van der Waals surface area contributed by atoms with Crippen LogP contribution in [-0.4, -0.2) is 24.4 Å². The van der Waals surface area contributed by atoms with Crippen molar-refractivity contribution in [1.82, 2.24) is 4.90 Å². The summed E-state index contributed by atoms with van der Waals surface area (Å²) < 4.78 is 0. The lowest BCUT2D eigenvalue weighted by Crippen LogP contribution is -2.41. The number of hydrogen-bond donors (Lipinski definition) is 0. The van der Waals surface area contributed by atoms with Gasteiger partial charge >= 0.3 is 0 Å². The fourth-order valence-corrected chi connectivity index (χ4v) is 2.17. The van der Waals surface area contributed by atoms with Crippen LogP contribution in [-0.2, 0) is 11.2 Å². The topological polar surface area (TPSA) is 44.1 Å². The molecule has 3 nitrogen and oxygen atoms in total. The summed E-state index contributed by atoms with van der Waals surface area (Å²) in [5.74, 6) is -0.0593. The second-order valence-corrected chi connectivity index (χ2v) is 4.86. The van der Waals surface area contributed by atoms with E-state index in [-0.39, 0.29) is 5.91 Å². The van der Waals surface area contributed by atoms with E-state index < -0.39 is 5.41 Å². The van der Waals surface area contributed by atoms with Gasteiger partial charge in [-0.3, -0.25) is 4.79 Å². The molecule has 0 bridgehead atoms. The van der Waals surface area contributed by atoms with Crippen LogP contribution >= 0.6 is 0 Å². The SMILES string of the molecule is CCC(C#N)(CC)C(=O)N(C)CCc1ccccc1. The van der Waals surface area contributed by atoms with Crippen LogP contribution < -0.4 is 0 Å². The fraction of sp³-hybridized carbons (Fsp3) is 0.500. The summed E-state index contributed by atoms with van der Waals surface area (Å²) in [6.45, 7) is 4.44. The highest BCUT2D eigenvalue weighted by Gasteiger charge is 2.36. The monoisotopic (exact) mass is 258 g/mol. The van der Waals surface area contributed by atoms with Gasteiger partial charge in [-0.15, -0.1) is 0 Å². The molecule has 1 aromatic rings. The molecule has 0 fully saturated rings. The van der Waals surface area contributed by atoms with Crippen molar-refractivity contribution in [2.24, 2.45) is 5.41 Å². The third-order valence-electron chi connectivity index (χ3n) is 3.76. The smallest absolute Gasteiger partial charge is 0.242 e. The number of benzene rings is 1. The fourth-order valence-electron chi connectivity index (χ4n) is 2.17. The average Bonchev–Trinajstić information content (AvgIpc) is 2.48. The van der Waals surface area contributed by atoms with Crippen LogP contribution in [0.15, 0.2) is 30.3 Å². The van der Waals surface area contributed by atoms with E-state index in [1.807, 2.05) is 32.0 Å². The van der Waals surface area contributed by atoms with Gasteiger partial charge in [0.1, 0.15) is 5.41 Å². The van der Waals surface area contributed by atoms with Crippen molar-refractivity contribution >= 4 is 5.91 Å². The van der Waals surface area contributed by atoms with E-state index in [1.54, 1.807) is 11.9 Å². The Morgan fingerprint density at radius 1 is 1.26 bits per heavy atom. The first-order valence-electron chi connectivity index (χ1n) is 6.80. The van der Waals surface area contributed by atoms with Crippen molar-refractivity contribution in [3.63, 3.8) is 0 Å². The van der Waals surface area contributed by atoms with Crippen LogP contribution in [0, 0.1) is 16.7 Å². The molecular weight excluding hydrogens is 236 g/mol. The van der Waals surface area contributed by atoms with E-state index >= 15 is 0 Å². The molecule has 1 aromatic carbocycles. The van der Waals surface area contributed by atoms with E-state index in [2.05, 4.69) is 18.2 Å². The van der Waals surface area contributed by atoms with E-state index in [0.29, 0.717) is 19.4 Å². The van der Waals surface area contributed by atoms with Gasteiger partial charge < -0.3 is 4.90 Å². The minimum absolute atomic E-state index is 0.0593. The maximum absolute atomic E-state index is 12.4. The lowest BCUT2D eigenvalue weighted by molar-refractivity contribution is -0.138. The highest BCUT2D eigenvalue weighted by atomic mass is 16.2. The molecule has 0 radical (unpaired) electrons. The minimum atomic E-state index is -0.856. The largest absolute Gasteiger partial charge is 0.344 e. The maximum atomic E-state index is 12.4. The molecule has 0 saturated heterocycles. The number of amides is 1. The molecule has 0 N–H and O–H groups in total. The Kier molecular flexibility index (Phi) is 5.57. The van der Waals surface area contributed by atoms with Crippen LogP contribution in [0.5, 0.6) is 0 Å². The highest BCUT2D eigenvalue weighted by molar-refractivity contribution is 5.85. The maximum Gasteiger partial charge on any atom is 0.242 e. The van der Waals surface area contributed by atoms with Crippen LogP contribution in [0.25, 0.3) is 0 Å². The third-order valence-corrected chi connectivity index (χ3v) is 3.76. The molecule has 0 aromatic heterocycles. The lowest BCUT2D eigenvalue weighted by atomic mass is 9.82. The second kappa shape index (κ2) is 6.94. The Balaban J connectivity index is 2.65. The second-order valence-electron chi connectivity index (χ2n) is 4.86. The number of nitriles is 1. The van der Waals surface area contributed by atoms with Gasteiger partial charge in [-0.25, -0.2) is 0 Å². The lowest BCUT2D eigenvalue weighted by Gasteiger charge is -2.28. The van der Waals surface area contributed by atoms with Crippen LogP contribution in [0.1, 0.15) is 32.3 Å². The van der Waals surface area contributed by atoms with Gasteiger partial charge in [-0.1, -0.05) is 44.2 Å². The molecule has 0 unspecified atom stereocenters. The van der Waals surface area contributed by atoms with Gasteiger partial charge in [-0.2, -0.15) is 5.26 Å².